The van der Waals surface area contributed by atoms with E-state index in [4.69, 9.17) is 16.3 Å². The molecule has 1 atom stereocenters. The Hall–Kier alpha value is -1.47. The van der Waals surface area contributed by atoms with Gasteiger partial charge < -0.3 is 15.0 Å². The fraction of sp³-hybridized carbons (Fsp3) is 0.611. The Morgan fingerprint density at radius 2 is 2.19 bits per heavy atom. The van der Waals surface area contributed by atoms with Crippen LogP contribution in [0.1, 0.15) is 30.4 Å². The number of piperidine rings is 1. The van der Waals surface area contributed by atoms with E-state index in [2.05, 4.69) is 5.32 Å². The normalized spacial score (nSPS) is 26.6. The summed E-state index contributed by atoms with van der Waals surface area (Å²) in [5.41, 5.74) is 1.71. The van der Waals surface area contributed by atoms with Crippen LogP contribution in [-0.4, -0.2) is 50.6 Å². The molecule has 6 nitrogen and oxygen atoms in total. The number of fused-ring (bicyclic) bond motifs is 1. The zero-order valence-electron chi connectivity index (χ0n) is 14.6. The SMILES string of the molecule is O=C(NCc1cc(Cl)cc2c1OCC2)N1CCCC2(CCS(=O)(=O)C2)C1. The maximum atomic E-state index is 12.6. The van der Waals surface area contributed by atoms with Crippen molar-refractivity contribution in [1.29, 1.82) is 0 Å². The number of likely N-dealkylation sites (tertiary alicyclic amines) is 1. The smallest absolute Gasteiger partial charge is 0.317 e. The lowest BCUT2D eigenvalue weighted by Gasteiger charge is -2.39. The second kappa shape index (κ2) is 6.60. The maximum absolute atomic E-state index is 12.6. The zero-order chi connectivity index (χ0) is 18.4. The number of urea groups is 1. The molecule has 0 aromatic heterocycles. The second-order valence-corrected chi connectivity index (χ2v) is 10.3. The van der Waals surface area contributed by atoms with Crippen molar-refractivity contribution in [2.75, 3.05) is 31.2 Å². The van der Waals surface area contributed by atoms with Gasteiger partial charge in [0.05, 0.1) is 18.1 Å². The molecule has 3 aliphatic heterocycles. The van der Waals surface area contributed by atoms with Crippen molar-refractivity contribution < 1.29 is 17.9 Å². The summed E-state index contributed by atoms with van der Waals surface area (Å²) in [5, 5.41) is 3.60. The number of nitrogens with one attached hydrogen (secondary N) is 1. The Morgan fingerprint density at radius 3 is 2.96 bits per heavy atom. The molecule has 0 bridgehead atoms. The second-order valence-electron chi connectivity index (χ2n) is 7.68. The molecule has 1 unspecified atom stereocenters. The summed E-state index contributed by atoms with van der Waals surface area (Å²) in [5.74, 6) is 1.28. The van der Waals surface area contributed by atoms with Gasteiger partial charge in [-0.1, -0.05) is 11.6 Å². The van der Waals surface area contributed by atoms with Gasteiger partial charge in [-0.05, 0) is 37.0 Å². The highest BCUT2D eigenvalue weighted by Gasteiger charge is 2.45. The monoisotopic (exact) mass is 398 g/mol. The third-order valence-corrected chi connectivity index (χ3v) is 7.77. The summed E-state index contributed by atoms with van der Waals surface area (Å²) in [7, 11) is -2.96. The van der Waals surface area contributed by atoms with Crippen LogP contribution < -0.4 is 10.1 Å². The van der Waals surface area contributed by atoms with Crippen LogP contribution in [0.25, 0.3) is 0 Å². The molecule has 2 fully saturated rings. The van der Waals surface area contributed by atoms with Crippen molar-refractivity contribution in [2.24, 2.45) is 5.41 Å². The molecule has 1 aromatic rings. The number of halogens is 1. The van der Waals surface area contributed by atoms with Gasteiger partial charge >= 0.3 is 6.03 Å². The van der Waals surface area contributed by atoms with Crippen LogP contribution in [0.2, 0.25) is 5.02 Å². The van der Waals surface area contributed by atoms with Crippen LogP contribution in [0.3, 0.4) is 0 Å². The van der Waals surface area contributed by atoms with Gasteiger partial charge in [-0.3, -0.25) is 0 Å². The molecule has 0 saturated carbocycles. The lowest BCUT2D eigenvalue weighted by atomic mass is 9.80. The van der Waals surface area contributed by atoms with Crippen molar-refractivity contribution >= 4 is 27.5 Å². The van der Waals surface area contributed by atoms with Gasteiger partial charge in [-0.25, -0.2) is 13.2 Å². The van der Waals surface area contributed by atoms with E-state index in [1.54, 1.807) is 4.90 Å². The number of rotatable bonds is 2. The molecule has 1 spiro atoms. The first-order valence-electron chi connectivity index (χ1n) is 9.03. The molecule has 0 radical (unpaired) electrons. The molecular weight excluding hydrogens is 376 g/mol. The third kappa shape index (κ3) is 3.51. The van der Waals surface area contributed by atoms with Gasteiger partial charge in [0.15, 0.2) is 9.84 Å². The molecule has 26 heavy (non-hydrogen) atoms. The van der Waals surface area contributed by atoms with Crippen LogP contribution in [0.4, 0.5) is 4.79 Å². The summed E-state index contributed by atoms with van der Waals surface area (Å²) in [4.78, 5) is 14.4. The van der Waals surface area contributed by atoms with Gasteiger partial charge in [-0.2, -0.15) is 0 Å². The summed E-state index contributed by atoms with van der Waals surface area (Å²) in [6.45, 7) is 2.17. The molecule has 2 amide bonds. The number of carbonyl (C=O) groups excluding carboxylic acids is 1. The molecule has 2 saturated heterocycles. The summed E-state index contributed by atoms with van der Waals surface area (Å²) >= 11 is 6.17. The molecule has 1 N–H and O–H groups in total. The van der Waals surface area contributed by atoms with Crippen LogP contribution in [0, 0.1) is 5.41 Å². The fourth-order valence-corrected chi connectivity index (χ4v) is 6.91. The summed E-state index contributed by atoms with van der Waals surface area (Å²) in [6.07, 6.45) is 3.22. The Labute approximate surface area is 158 Å². The van der Waals surface area contributed by atoms with Crippen molar-refractivity contribution in [3.63, 3.8) is 0 Å². The molecule has 8 heteroatoms. The van der Waals surface area contributed by atoms with Crippen LogP contribution in [-0.2, 0) is 22.8 Å². The predicted octanol–water partition coefficient (Wildman–Crippen LogP) is 2.39. The predicted molar refractivity (Wildman–Crippen MR) is 99.4 cm³/mol. The van der Waals surface area contributed by atoms with E-state index in [9.17, 15) is 13.2 Å². The van der Waals surface area contributed by atoms with Gasteiger partial charge in [-0.15, -0.1) is 0 Å². The molecular formula is C18H23ClN2O4S. The quantitative estimate of drug-likeness (QED) is 0.829. The number of nitrogens with zero attached hydrogens (tertiary/aromatic N) is 1. The number of ether oxygens (including phenoxy) is 1. The number of sulfone groups is 1. The first-order chi connectivity index (χ1) is 12.4. The standard InChI is InChI=1S/C18H23ClN2O4S/c19-15-8-13-2-6-25-16(13)14(9-15)10-20-17(22)21-5-1-3-18(11-21)4-7-26(23,24)12-18/h8-9H,1-7,10-12H2,(H,20,22). The van der Waals surface area contributed by atoms with Crippen molar-refractivity contribution in [2.45, 2.75) is 32.2 Å². The Kier molecular flexibility index (Phi) is 4.55. The summed E-state index contributed by atoms with van der Waals surface area (Å²) in [6, 6.07) is 3.58. The summed E-state index contributed by atoms with van der Waals surface area (Å²) < 4.78 is 29.4. The van der Waals surface area contributed by atoms with Crippen molar-refractivity contribution in [1.82, 2.24) is 10.2 Å². The van der Waals surface area contributed by atoms with E-state index in [0.717, 1.165) is 36.1 Å². The minimum Gasteiger partial charge on any atom is -0.493 e. The fourth-order valence-electron chi connectivity index (χ4n) is 4.45. The van der Waals surface area contributed by atoms with Gasteiger partial charge in [0.1, 0.15) is 5.75 Å². The van der Waals surface area contributed by atoms with Gasteiger partial charge in [0, 0.05) is 42.1 Å². The largest absolute Gasteiger partial charge is 0.493 e. The first-order valence-corrected chi connectivity index (χ1v) is 11.2. The number of amides is 2. The van der Waals surface area contributed by atoms with E-state index in [1.165, 1.54) is 0 Å². The number of hydrogen-bond donors (Lipinski definition) is 1. The number of hydrogen-bond acceptors (Lipinski definition) is 4. The van der Waals surface area contributed by atoms with E-state index < -0.39 is 9.84 Å². The first kappa shape index (κ1) is 17.9. The topological polar surface area (TPSA) is 75.7 Å². The van der Waals surface area contributed by atoms with Crippen molar-refractivity contribution in [3.8, 4) is 5.75 Å². The number of carbonyl (C=O) groups is 1. The van der Waals surface area contributed by atoms with Crippen LogP contribution in [0.15, 0.2) is 12.1 Å². The van der Waals surface area contributed by atoms with Crippen LogP contribution >= 0.6 is 11.6 Å². The highest BCUT2D eigenvalue weighted by molar-refractivity contribution is 7.91. The van der Waals surface area contributed by atoms with Gasteiger partial charge in [0.25, 0.3) is 0 Å². The van der Waals surface area contributed by atoms with Crippen molar-refractivity contribution in [3.05, 3.63) is 28.3 Å². The molecule has 142 valence electrons. The number of benzene rings is 1. The highest BCUT2D eigenvalue weighted by Crippen LogP contribution is 2.40. The molecule has 0 aliphatic carbocycles. The average Bonchev–Trinajstić information content (AvgIpc) is 3.16. The molecule has 3 aliphatic rings. The lowest BCUT2D eigenvalue weighted by Crippen LogP contribution is -2.50. The van der Waals surface area contributed by atoms with E-state index in [-0.39, 0.29) is 23.0 Å². The third-order valence-electron chi connectivity index (χ3n) is 5.67. The van der Waals surface area contributed by atoms with E-state index in [1.807, 2.05) is 12.1 Å². The average molecular weight is 399 g/mol. The zero-order valence-corrected chi connectivity index (χ0v) is 16.2. The van der Waals surface area contributed by atoms with E-state index in [0.29, 0.717) is 37.7 Å². The lowest BCUT2D eigenvalue weighted by molar-refractivity contribution is 0.121. The molecule has 4 rings (SSSR count). The minimum absolute atomic E-state index is 0.153. The Bertz CT molecular complexity index is 842. The van der Waals surface area contributed by atoms with Crippen LogP contribution in [0.5, 0.6) is 5.75 Å². The Balaban J connectivity index is 1.41. The minimum atomic E-state index is -2.96. The van der Waals surface area contributed by atoms with E-state index >= 15 is 0 Å². The molecule has 1 aromatic carbocycles. The molecule has 3 heterocycles. The highest BCUT2D eigenvalue weighted by atomic mass is 35.5. The maximum Gasteiger partial charge on any atom is 0.317 e. The Morgan fingerprint density at radius 1 is 1.35 bits per heavy atom. The van der Waals surface area contributed by atoms with Gasteiger partial charge in [0.2, 0.25) is 0 Å².